The van der Waals surface area contributed by atoms with Crippen LogP contribution in [0, 0.1) is 0 Å². The Bertz CT molecular complexity index is 427. The third-order valence-electron chi connectivity index (χ3n) is 5.15. The quantitative estimate of drug-likeness (QED) is 0.882. The molecule has 104 valence electrons. The summed E-state index contributed by atoms with van der Waals surface area (Å²) in [6, 6.07) is 8.98. The van der Waals surface area contributed by atoms with Crippen molar-refractivity contribution < 1.29 is 0 Å². The topological polar surface area (TPSA) is 29.3 Å². The molecule has 1 heterocycles. The molecule has 0 amide bonds. The van der Waals surface area contributed by atoms with Crippen molar-refractivity contribution in [3.63, 3.8) is 0 Å². The van der Waals surface area contributed by atoms with Crippen LogP contribution in [0.5, 0.6) is 0 Å². The molecule has 0 unspecified atom stereocenters. The first kappa shape index (κ1) is 13.1. The van der Waals surface area contributed by atoms with Crippen LogP contribution in [0.3, 0.4) is 0 Å². The van der Waals surface area contributed by atoms with Crippen LogP contribution in [0.25, 0.3) is 0 Å². The minimum Gasteiger partial charge on any atom is -0.321 e. The summed E-state index contributed by atoms with van der Waals surface area (Å²) in [4.78, 5) is 2.44. The predicted octanol–water partition coefficient (Wildman–Crippen LogP) is 3.22. The molecule has 0 bridgehead atoms. The summed E-state index contributed by atoms with van der Waals surface area (Å²) < 4.78 is 0. The molecule has 1 aliphatic heterocycles. The van der Waals surface area contributed by atoms with Gasteiger partial charge < -0.3 is 10.6 Å². The van der Waals surface area contributed by atoms with Gasteiger partial charge in [0.15, 0.2) is 0 Å². The van der Waals surface area contributed by atoms with E-state index in [9.17, 15) is 0 Å². The summed E-state index contributed by atoms with van der Waals surface area (Å²) in [6.07, 6.45) is 7.47. The zero-order chi connectivity index (χ0) is 13.3. The summed E-state index contributed by atoms with van der Waals surface area (Å²) in [6.45, 7) is 2.44. The van der Waals surface area contributed by atoms with Gasteiger partial charge in [-0.1, -0.05) is 37.1 Å². The molecule has 2 N–H and O–H groups in total. The number of rotatable bonds is 2. The van der Waals surface area contributed by atoms with Gasteiger partial charge in [-0.2, -0.15) is 0 Å². The maximum Gasteiger partial charge on any atom is 0.0412 e. The molecule has 1 aliphatic carbocycles. The molecule has 0 radical (unpaired) electrons. The number of hydrogen-bond donors (Lipinski definition) is 1. The van der Waals surface area contributed by atoms with E-state index in [0.29, 0.717) is 5.92 Å². The molecule has 1 saturated heterocycles. The second-order valence-electron chi connectivity index (χ2n) is 6.53. The molecule has 0 aromatic heterocycles. The summed E-state index contributed by atoms with van der Waals surface area (Å²) in [7, 11) is 2.23. The van der Waals surface area contributed by atoms with E-state index < -0.39 is 0 Å². The fourth-order valence-corrected chi connectivity index (χ4v) is 3.90. The Morgan fingerprint density at radius 1 is 1.11 bits per heavy atom. The maximum atomic E-state index is 6.70. The summed E-state index contributed by atoms with van der Waals surface area (Å²) in [5.74, 6) is 0.716. The van der Waals surface area contributed by atoms with Gasteiger partial charge in [0, 0.05) is 5.54 Å². The highest BCUT2D eigenvalue weighted by molar-refractivity contribution is 5.37. The van der Waals surface area contributed by atoms with E-state index in [0.717, 1.165) is 12.8 Å². The van der Waals surface area contributed by atoms with E-state index >= 15 is 0 Å². The van der Waals surface area contributed by atoms with Crippen LogP contribution in [0.4, 0.5) is 0 Å². The standard InChI is InChI=1S/C17H26N2/c1-19-12-8-14(9-13-19)15-6-2-3-7-16(15)17(18)10-4-5-11-17/h2-3,6-7,14H,4-5,8-13,18H2,1H3. The van der Waals surface area contributed by atoms with Crippen molar-refractivity contribution in [2.24, 2.45) is 5.73 Å². The Morgan fingerprint density at radius 2 is 1.74 bits per heavy atom. The van der Waals surface area contributed by atoms with Gasteiger partial charge in [-0.25, -0.2) is 0 Å². The molecular formula is C17H26N2. The van der Waals surface area contributed by atoms with Gasteiger partial charge in [0.2, 0.25) is 0 Å². The van der Waals surface area contributed by atoms with Gasteiger partial charge in [0.1, 0.15) is 0 Å². The first-order valence-corrected chi connectivity index (χ1v) is 7.76. The number of benzene rings is 1. The first-order valence-electron chi connectivity index (χ1n) is 7.76. The van der Waals surface area contributed by atoms with Crippen LogP contribution in [0.2, 0.25) is 0 Å². The lowest BCUT2D eigenvalue weighted by Crippen LogP contribution is -2.36. The van der Waals surface area contributed by atoms with Crippen molar-refractivity contribution >= 4 is 0 Å². The smallest absolute Gasteiger partial charge is 0.0412 e. The minimum atomic E-state index is -0.0417. The molecule has 3 rings (SSSR count). The van der Waals surface area contributed by atoms with Crippen molar-refractivity contribution in [3.05, 3.63) is 35.4 Å². The van der Waals surface area contributed by atoms with Crippen LogP contribution in [0.1, 0.15) is 55.6 Å². The maximum absolute atomic E-state index is 6.70. The summed E-state index contributed by atoms with van der Waals surface area (Å²) in [5.41, 5.74) is 9.65. The molecule has 19 heavy (non-hydrogen) atoms. The number of nitrogens with zero attached hydrogens (tertiary/aromatic N) is 1. The molecule has 0 spiro atoms. The molecule has 2 heteroatoms. The van der Waals surface area contributed by atoms with Crippen molar-refractivity contribution in [1.29, 1.82) is 0 Å². The fraction of sp³-hybridized carbons (Fsp3) is 0.647. The molecule has 1 aromatic rings. The average molecular weight is 258 g/mol. The van der Waals surface area contributed by atoms with Gasteiger partial charge in [-0.05, 0) is 62.9 Å². The fourth-order valence-electron chi connectivity index (χ4n) is 3.90. The van der Waals surface area contributed by atoms with Crippen LogP contribution in [-0.2, 0) is 5.54 Å². The second kappa shape index (κ2) is 5.26. The van der Waals surface area contributed by atoms with Gasteiger partial charge in [0.05, 0.1) is 0 Å². The van der Waals surface area contributed by atoms with Gasteiger partial charge in [-0.15, -0.1) is 0 Å². The highest BCUT2D eigenvalue weighted by Crippen LogP contribution is 2.41. The third kappa shape index (κ3) is 2.56. The van der Waals surface area contributed by atoms with Crippen LogP contribution >= 0.6 is 0 Å². The van der Waals surface area contributed by atoms with E-state index in [1.165, 1.54) is 44.3 Å². The van der Waals surface area contributed by atoms with Crippen LogP contribution in [0.15, 0.2) is 24.3 Å². The van der Waals surface area contributed by atoms with E-state index in [4.69, 9.17) is 5.73 Å². The van der Waals surface area contributed by atoms with Gasteiger partial charge in [0.25, 0.3) is 0 Å². The van der Waals surface area contributed by atoms with E-state index in [1.807, 2.05) is 0 Å². The molecule has 1 aromatic carbocycles. The number of likely N-dealkylation sites (tertiary alicyclic amines) is 1. The average Bonchev–Trinajstić information content (AvgIpc) is 2.88. The lowest BCUT2D eigenvalue weighted by atomic mass is 9.79. The van der Waals surface area contributed by atoms with Crippen LogP contribution < -0.4 is 5.73 Å². The predicted molar refractivity (Wildman–Crippen MR) is 80.2 cm³/mol. The summed E-state index contributed by atoms with van der Waals surface area (Å²) >= 11 is 0. The Balaban J connectivity index is 1.89. The monoisotopic (exact) mass is 258 g/mol. The largest absolute Gasteiger partial charge is 0.321 e. The lowest BCUT2D eigenvalue weighted by molar-refractivity contribution is 0.253. The van der Waals surface area contributed by atoms with E-state index in [1.54, 1.807) is 5.56 Å². The van der Waals surface area contributed by atoms with Crippen molar-refractivity contribution in [1.82, 2.24) is 4.90 Å². The lowest BCUT2D eigenvalue weighted by Gasteiger charge is -2.34. The SMILES string of the molecule is CN1CCC(c2ccccc2C2(N)CCCC2)CC1. The van der Waals surface area contributed by atoms with Gasteiger partial charge >= 0.3 is 0 Å². The van der Waals surface area contributed by atoms with E-state index in [2.05, 4.69) is 36.2 Å². The van der Waals surface area contributed by atoms with Crippen molar-refractivity contribution in [2.75, 3.05) is 20.1 Å². The molecule has 2 nitrogen and oxygen atoms in total. The minimum absolute atomic E-state index is 0.0417. The van der Waals surface area contributed by atoms with Crippen molar-refractivity contribution in [3.8, 4) is 0 Å². The zero-order valence-corrected chi connectivity index (χ0v) is 12.1. The second-order valence-corrected chi connectivity index (χ2v) is 6.53. The first-order chi connectivity index (χ1) is 9.19. The normalized spacial score (nSPS) is 24.7. The Hall–Kier alpha value is -0.860. The van der Waals surface area contributed by atoms with Gasteiger partial charge in [-0.3, -0.25) is 0 Å². The van der Waals surface area contributed by atoms with E-state index in [-0.39, 0.29) is 5.54 Å². The Morgan fingerprint density at radius 3 is 2.42 bits per heavy atom. The Kier molecular flexibility index (Phi) is 3.64. The van der Waals surface area contributed by atoms with Crippen LogP contribution in [-0.4, -0.2) is 25.0 Å². The molecule has 0 atom stereocenters. The molecule has 1 saturated carbocycles. The molecule has 2 aliphatic rings. The highest BCUT2D eigenvalue weighted by Gasteiger charge is 2.34. The molecule has 2 fully saturated rings. The number of piperidine rings is 1. The highest BCUT2D eigenvalue weighted by atomic mass is 15.1. The third-order valence-corrected chi connectivity index (χ3v) is 5.15. The number of nitrogens with two attached hydrogens (primary N) is 1. The van der Waals surface area contributed by atoms with Crippen molar-refractivity contribution in [2.45, 2.75) is 50.0 Å². The zero-order valence-electron chi connectivity index (χ0n) is 12.1. The number of hydrogen-bond acceptors (Lipinski definition) is 2. The molecular weight excluding hydrogens is 232 g/mol. The summed E-state index contributed by atoms with van der Waals surface area (Å²) in [5, 5.41) is 0. The Labute approximate surface area is 117 Å².